The summed E-state index contributed by atoms with van der Waals surface area (Å²) in [4.78, 5) is 7.97. The first-order chi connectivity index (χ1) is 9.42. The third-order valence-corrected chi connectivity index (χ3v) is 2.67. The van der Waals surface area contributed by atoms with E-state index in [4.69, 9.17) is 0 Å². The van der Waals surface area contributed by atoms with Gasteiger partial charge < -0.3 is 5.32 Å². The second-order valence-corrected chi connectivity index (χ2v) is 4.02. The SMILES string of the molecule is c1cc(NCc2cncnc2)cc(-n2cnnc2)c1. The van der Waals surface area contributed by atoms with Crippen LogP contribution in [-0.4, -0.2) is 24.7 Å². The van der Waals surface area contributed by atoms with Crippen molar-refractivity contribution in [1.82, 2.24) is 24.7 Å². The van der Waals surface area contributed by atoms with Gasteiger partial charge in [-0.15, -0.1) is 10.2 Å². The highest BCUT2D eigenvalue weighted by Crippen LogP contribution is 2.14. The highest BCUT2D eigenvalue weighted by atomic mass is 15.2. The average molecular weight is 252 g/mol. The van der Waals surface area contributed by atoms with E-state index >= 15 is 0 Å². The van der Waals surface area contributed by atoms with Crippen molar-refractivity contribution in [3.05, 3.63) is 61.2 Å². The fourth-order valence-corrected chi connectivity index (χ4v) is 1.74. The molecule has 94 valence electrons. The van der Waals surface area contributed by atoms with Crippen LogP contribution in [0.3, 0.4) is 0 Å². The Labute approximate surface area is 110 Å². The molecule has 1 N–H and O–H groups in total. The lowest BCUT2D eigenvalue weighted by Crippen LogP contribution is -2.01. The van der Waals surface area contributed by atoms with E-state index in [1.54, 1.807) is 25.0 Å². The summed E-state index contributed by atoms with van der Waals surface area (Å²) in [6, 6.07) is 8.03. The Morgan fingerprint density at radius 1 is 1.05 bits per heavy atom. The van der Waals surface area contributed by atoms with Crippen LogP contribution in [0.15, 0.2) is 55.6 Å². The maximum absolute atomic E-state index is 3.98. The van der Waals surface area contributed by atoms with Gasteiger partial charge in [0, 0.05) is 30.2 Å². The van der Waals surface area contributed by atoms with Crippen LogP contribution in [0.4, 0.5) is 5.69 Å². The molecule has 0 aliphatic heterocycles. The van der Waals surface area contributed by atoms with Crippen molar-refractivity contribution in [2.75, 3.05) is 5.32 Å². The molecular formula is C13H12N6. The Morgan fingerprint density at radius 2 is 1.84 bits per heavy atom. The molecule has 0 saturated heterocycles. The first kappa shape index (κ1) is 11.3. The summed E-state index contributed by atoms with van der Waals surface area (Å²) in [6.07, 6.45) is 8.46. The molecule has 2 aromatic heterocycles. The molecule has 0 unspecified atom stereocenters. The Balaban J connectivity index is 1.74. The zero-order chi connectivity index (χ0) is 12.9. The molecule has 19 heavy (non-hydrogen) atoms. The zero-order valence-corrected chi connectivity index (χ0v) is 10.1. The van der Waals surface area contributed by atoms with Crippen molar-refractivity contribution in [3.63, 3.8) is 0 Å². The van der Waals surface area contributed by atoms with Gasteiger partial charge in [0.05, 0.1) is 5.69 Å². The minimum absolute atomic E-state index is 0.687. The van der Waals surface area contributed by atoms with Crippen LogP contribution in [0.1, 0.15) is 5.56 Å². The third-order valence-electron chi connectivity index (χ3n) is 2.67. The smallest absolute Gasteiger partial charge is 0.123 e. The van der Waals surface area contributed by atoms with Gasteiger partial charge in [-0.1, -0.05) is 6.07 Å². The summed E-state index contributed by atoms with van der Waals surface area (Å²) < 4.78 is 1.86. The van der Waals surface area contributed by atoms with Gasteiger partial charge in [-0.05, 0) is 18.2 Å². The molecule has 0 saturated carbocycles. The Morgan fingerprint density at radius 3 is 2.63 bits per heavy atom. The maximum Gasteiger partial charge on any atom is 0.123 e. The van der Waals surface area contributed by atoms with Crippen molar-refractivity contribution < 1.29 is 0 Å². The molecule has 3 aromatic rings. The minimum Gasteiger partial charge on any atom is -0.381 e. The first-order valence-electron chi connectivity index (χ1n) is 5.85. The quantitative estimate of drug-likeness (QED) is 0.765. The lowest BCUT2D eigenvalue weighted by Gasteiger charge is -2.08. The zero-order valence-electron chi connectivity index (χ0n) is 10.1. The van der Waals surface area contributed by atoms with Crippen molar-refractivity contribution in [1.29, 1.82) is 0 Å². The van der Waals surface area contributed by atoms with E-state index in [1.165, 1.54) is 6.33 Å². The Kier molecular flexibility index (Phi) is 3.14. The number of benzene rings is 1. The highest BCUT2D eigenvalue weighted by molar-refractivity contribution is 5.51. The molecule has 0 radical (unpaired) electrons. The van der Waals surface area contributed by atoms with Gasteiger partial charge in [0.25, 0.3) is 0 Å². The molecule has 6 nitrogen and oxygen atoms in total. The Bertz CT molecular complexity index is 635. The number of anilines is 1. The molecule has 0 aliphatic rings. The Hall–Kier alpha value is -2.76. The van der Waals surface area contributed by atoms with Crippen molar-refractivity contribution in [2.45, 2.75) is 6.54 Å². The van der Waals surface area contributed by atoms with E-state index in [-0.39, 0.29) is 0 Å². The van der Waals surface area contributed by atoms with E-state index in [1.807, 2.05) is 28.8 Å². The molecule has 6 heteroatoms. The van der Waals surface area contributed by atoms with Gasteiger partial charge in [0.1, 0.15) is 19.0 Å². The standard InChI is InChI=1S/C13H12N6/c1-2-12(16-7-11-5-14-8-15-6-11)4-13(3-1)19-9-17-18-10-19/h1-6,8-10,16H,7H2. The molecule has 1 aromatic carbocycles. The van der Waals surface area contributed by atoms with Gasteiger partial charge >= 0.3 is 0 Å². The van der Waals surface area contributed by atoms with E-state index < -0.39 is 0 Å². The van der Waals surface area contributed by atoms with E-state index in [9.17, 15) is 0 Å². The topological polar surface area (TPSA) is 68.5 Å². The number of hydrogen-bond donors (Lipinski definition) is 1. The molecule has 0 fully saturated rings. The fraction of sp³-hybridized carbons (Fsp3) is 0.0769. The van der Waals surface area contributed by atoms with Crippen LogP contribution in [0.25, 0.3) is 5.69 Å². The summed E-state index contributed by atoms with van der Waals surface area (Å²) >= 11 is 0. The molecule has 0 amide bonds. The molecule has 0 bridgehead atoms. The summed E-state index contributed by atoms with van der Waals surface area (Å²) in [5, 5.41) is 10.9. The van der Waals surface area contributed by atoms with Crippen molar-refractivity contribution in [2.24, 2.45) is 0 Å². The van der Waals surface area contributed by atoms with Crippen LogP contribution < -0.4 is 5.32 Å². The highest BCUT2D eigenvalue weighted by Gasteiger charge is 1.99. The summed E-state index contributed by atoms with van der Waals surface area (Å²) in [5.74, 6) is 0. The van der Waals surface area contributed by atoms with Gasteiger partial charge in [-0.2, -0.15) is 0 Å². The van der Waals surface area contributed by atoms with Crippen molar-refractivity contribution >= 4 is 5.69 Å². The maximum atomic E-state index is 3.98. The number of nitrogens with one attached hydrogen (secondary N) is 1. The monoisotopic (exact) mass is 252 g/mol. The van der Waals surface area contributed by atoms with Crippen LogP contribution in [0.5, 0.6) is 0 Å². The van der Waals surface area contributed by atoms with Gasteiger partial charge in [0.2, 0.25) is 0 Å². The normalized spacial score (nSPS) is 10.3. The predicted molar refractivity (Wildman–Crippen MR) is 70.7 cm³/mol. The number of rotatable bonds is 4. The number of aromatic nitrogens is 5. The molecule has 2 heterocycles. The molecular weight excluding hydrogens is 240 g/mol. The van der Waals surface area contributed by atoms with Crippen LogP contribution in [-0.2, 0) is 6.54 Å². The molecule has 0 spiro atoms. The first-order valence-corrected chi connectivity index (χ1v) is 5.85. The van der Waals surface area contributed by atoms with E-state index in [2.05, 4.69) is 25.5 Å². The van der Waals surface area contributed by atoms with Gasteiger partial charge in [-0.25, -0.2) is 9.97 Å². The second-order valence-electron chi connectivity index (χ2n) is 4.02. The van der Waals surface area contributed by atoms with E-state index in [0.29, 0.717) is 6.54 Å². The fourth-order valence-electron chi connectivity index (χ4n) is 1.74. The number of nitrogens with zero attached hydrogens (tertiary/aromatic N) is 5. The molecule has 3 rings (SSSR count). The number of hydrogen-bond acceptors (Lipinski definition) is 5. The minimum atomic E-state index is 0.687. The van der Waals surface area contributed by atoms with E-state index in [0.717, 1.165) is 16.9 Å². The molecule has 0 aliphatic carbocycles. The summed E-state index contributed by atoms with van der Waals surface area (Å²) in [5.41, 5.74) is 3.08. The lowest BCUT2D eigenvalue weighted by atomic mass is 10.2. The van der Waals surface area contributed by atoms with Crippen LogP contribution in [0.2, 0.25) is 0 Å². The predicted octanol–water partition coefficient (Wildman–Crippen LogP) is 1.67. The van der Waals surface area contributed by atoms with Crippen LogP contribution >= 0.6 is 0 Å². The molecule has 0 atom stereocenters. The largest absolute Gasteiger partial charge is 0.381 e. The van der Waals surface area contributed by atoms with Crippen molar-refractivity contribution in [3.8, 4) is 5.69 Å². The summed E-state index contributed by atoms with van der Waals surface area (Å²) in [7, 11) is 0. The third kappa shape index (κ3) is 2.74. The van der Waals surface area contributed by atoms with Crippen LogP contribution in [0, 0.1) is 0 Å². The van der Waals surface area contributed by atoms with Gasteiger partial charge in [0.15, 0.2) is 0 Å². The second kappa shape index (κ2) is 5.26. The summed E-state index contributed by atoms with van der Waals surface area (Å²) in [6.45, 7) is 0.687. The van der Waals surface area contributed by atoms with Gasteiger partial charge in [-0.3, -0.25) is 4.57 Å². The lowest BCUT2D eigenvalue weighted by molar-refractivity contribution is 1.04. The average Bonchev–Trinajstić information content (AvgIpc) is 3.01.